The van der Waals surface area contributed by atoms with Crippen molar-refractivity contribution in [3.63, 3.8) is 0 Å². The van der Waals surface area contributed by atoms with Gasteiger partial charge in [0, 0.05) is 19.6 Å². The molecule has 1 amide bonds. The van der Waals surface area contributed by atoms with Gasteiger partial charge in [0.1, 0.15) is 0 Å². The van der Waals surface area contributed by atoms with Crippen molar-refractivity contribution in [1.82, 2.24) is 5.32 Å². The van der Waals surface area contributed by atoms with Gasteiger partial charge in [-0.15, -0.1) is 0 Å². The molecule has 3 N–H and O–H groups in total. The Morgan fingerprint density at radius 1 is 1.32 bits per heavy atom. The minimum Gasteiger partial charge on any atom is -0.382 e. The Bertz CT molecular complexity index is 443. The van der Waals surface area contributed by atoms with Crippen molar-refractivity contribution in [3.8, 4) is 0 Å². The Hall–Kier alpha value is -1.71. The highest BCUT2D eigenvalue weighted by atomic mass is 16.1. The molecule has 4 nitrogen and oxygen atoms in total. The van der Waals surface area contributed by atoms with Crippen molar-refractivity contribution in [3.05, 3.63) is 23.8 Å². The van der Waals surface area contributed by atoms with E-state index in [2.05, 4.69) is 29.8 Å². The van der Waals surface area contributed by atoms with E-state index in [-0.39, 0.29) is 5.91 Å². The summed E-state index contributed by atoms with van der Waals surface area (Å²) in [5.41, 5.74) is 2.67. The molecule has 1 aliphatic heterocycles. The first-order valence-corrected chi connectivity index (χ1v) is 7.07. The molecule has 2 rings (SSSR count). The van der Waals surface area contributed by atoms with Crippen LogP contribution < -0.4 is 16.0 Å². The number of hydrogen-bond donors (Lipinski definition) is 3. The Labute approximate surface area is 115 Å². The second-order valence-corrected chi connectivity index (χ2v) is 5.37. The number of carbonyl (C=O) groups excluding carboxylic acids is 1. The average molecular weight is 261 g/mol. The van der Waals surface area contributed by atoms with Crippen LogP contribution >= 0.6 is 0 Å². The monoisotopic (exact) mass is 261 g/mol. The summed E-state index contributed by atoms with van der Waals surface area (Å²) in [4.78, 5) is 12.2. The zero-order valence-corrected chi connectivity index (χ0v) is 11.8. The zero-order valence-electron chi connectivity index (χ0n) is 11.8. The molecule has 0 fully saturated rings. The number of para-hydroxylation sites is 1. The van der Waals surface area contributed by atoms with Crippen LogP contribution in [0.15, 0.2) is 18.2 Å². The number of amides is 1. The maximum atomic E-state index is 12.2. The Morgan fingerprint density at radius 2 is 2.11 bits per heavy atom. The first kappa shape index (κ1) is 13.7. The van der Waals surface area contributed by atoms with Crippen molar-refractivity contribution in [1.29, 1.82) is 0 Å². The molecule has 104 valence electrons. The number of nitrogens with one attached hydrogen (secondary N) is 3. The highest BCUT2D eigenvalue weighted by molar-refractivity contribution is 6.02. The first-order chi connectivity index (χ1) is 9.18. The smallest absolute Gasteiger partial charge is 0.253 e. The lowest BCUT2D eigenvalue weighted by Gasteiger charge is -2.22. The molecule has 1 aliphatic rings. The Morgan fingerprint density at radius 3 is 2.89 bits per heavy atom. The van der Waals surface area contributed by atoms with Crippen molar-refractivity contribution >= 4 is 17.3 Å². The van der Waals surface area contributed by atoms with Crippen molar-refractivity contribution in [2.75, 3.05) is 30.3 Å². The lowest BCUT2D eigenvalue weighted by molar-refractivity contribution is 0.0953. The third kappa shape index (κ3) is 3.63. The standard InChI is InChI=1S/C15H23N3O/c1-11(2)5-4-8-18-15(19)12-6-3-7-13-14(12)17-10-9-16-13/h3,6-7,11,16-17H,4-5,8-10H2,1-2H3,(H,18,19). The lowest BCUT2D eigenvalue weighted by Crippen LogP contribution is -2.28. The van der Waals surface area contributed by atoms with E-state index in [1.54, 1.807) is 0 Å². The second-order valence-electron chi connectivity index (χ2n) is 5.37. The first-order valence-electron chi connectivity index (χ1n) is 7.07. The number of carbonyl (C=O) groups is 1. The molecule has 4 heteroatoms. The summed E-state index contributed by atoms with van der Waals surface area (Å²) in [6.07, 6.45) is 2.18. The number of fused-ring (bicyclic) bond motifs is 1. The molecule has 0 radical (unpaired) electrons. The van der Waals surface area contributed by atoms with E-state index in [4.69, 9.17) is 0 Å². The van der Waals surface area contributed by atoms with Gasteiger partial charge in [-0.25, -0.2) is 0 Å². The topological polar surface area (TPSA) is 53.2 Å². The van der Waals surface area contributed by atoms with Crippen LogP contribution in [0.5, 0.6) is 0 Å². The van der Waals surface area contributed by atoms with Crippen LogP contribution in [0.1, 0.15) is 37.0 Å². The van der Waals surface area contributed by atoms with Gasteiger partial charge in [0.15, 0.2) is 0 Å². The van der Waals surface area contributed by atoms with E-state index >= 15 is 0 Å². The van der Waals surface area contributed by atoms with Gasteiger partial charge in [0.2, 0.25) is 0 Å². The van der Waals surface area contributed by atoms with E-state index < -0.39 is 0 Å². The van der Waals surface area contributed by atoms with Crippen LogP contribution in [0.3, 0.4) is 0 Å². The van der Waals surface area contributed by atoms with Gasteiger partial charge in [-0.2, -0.15) is 0 Å². The van der Waals surface area contributed by atoms with Crippen molar-refractivity contribution < 1.29 is 4.79 Å². The highest BCUT2D eigenvalue weighted by Crippen LogP contribution is 2.28. The maximum absolute atomic E-state index is 12.2. The molecule has 0 saturated carbocycles. The molecule has 0 aliphatic carbocycles. The van der Waals surface area contributed by atoms with E-state index in [1.807, 2.05) is 18.2 Å². The van der Waals surface area contributed by atoms with Crippen LogP contribution in [-0.2, 0) is 0 Å². The Kier molecular flexibility index (Phi) is 4.66. The van der Waals surface area contributed by atoms with Gasteiger partial charge in [-0.05, 0) is 30.9 Å². The summed E-state index contributed by atoms with van der Waals surface area (Å²) in [5.74, 6) is 0.698. The van der Waals surface area contributed by atoms with Gasteiger partial charge >= 0.3 is 0 Å². The van der Waals surface area contributed by atoms with Gasteiger partial charge in [-0.1, -0.05) is 19.9 Å². The van der Waals surface area contributed by atoms with Crippen LogP contribution in [0.25, 0.3) is 0 Å². The molecule has 0 aromatic heterocycles. The Balaban J connectivity index is 1.95. The third-order valence-corrected chi connectivity index (χ3v) is 3.30. The van der Waals surface area contributed by atoms with Crippen LogP contribution in [0, 0.1) is 5.92 Å². The normalized spacial score (nSPS) is 13.4. The predicted molar refractivity (Wildman–Crippen MR) is 79.8 cm³/mol. The molecule has 19 heavy (non-hydrogen) atoms. The quantitative estimate of drug-likeness (QED) is 0.714. The van der Waals surface area contributed by atoms with Crippen LogP contribution in [0.2, 0.25) is 0 Å². The third-order valence-electron chi connectivity index (χ3n) is 3.30. The molecule has 1 aromatic carbocycles. The summed E-state index contributed by atoms with van der Waals surface area (Å²) in [6.45, 7) is 6.89. The van der Waals surface area contributed by atoms with Gasteiger partial charge in [0.25, 0.3) is 5.91 Å². The molecular formula is C15H23N3O. The molecule has 0 saturated heterocycles. The summed E-state index contributed by atoms with van der Waals surface area (Å²) in [7, 11) is 0. The minimum atomic E-state index is 0.0109. The predicted octanol–water partition coefficient (Wildman–Crippen LogP) is 2.69. The van der Waals surface area contributed by atoms with E-state index in [1.165, 1.54) is 0 Å². The zero-order chi connectivity index (χ0) is 13.7. The molecule has 0 bridgehead atoms. The number of anilines is 2. The van der Waals surface area contributed by atoms with E-state index in [9.17, 15) is 4.79 Å². The van der Waals surface area contributed by atoms with Gasteiger partial charge in [0.05, 0.1) is 16.9 Å². The summed E-state index contributed by atoms with van der Waals surface area (Å²) in [6, 6.07) is 5.79. The highest BCUT2D eigenvalue weighted by Gasteiger charge is 2.16. The summed E-state index contributed by atoms with van der Waals surface area (Å²) < 4.78 is 0. The second kappa shape index (κ2) is 6.45. The lowest BCUT2D eigenvalue weighted by atomic mass is 10.1. The SMILES string of the molecule is CC(C)CCCNC(=O)c1cccc2c1NCCN2. The molecule has 1 aromatic rings. The van der Waals surface area contributed by atoms with Crippen molar-refractivity contribution in [2.45, 2.75) is 26.7 Å². The molecule has 1 heterocycles. The summed E-state index contributed by atoms with van der Waals surface area (Å²) >= 11 is 0. The van der Waals surface area contributed by atoms with Gasteiger partial charge in [-0.3, -0.25) is 4.79 Å². The van der Waals surface area contributed by atoms with E-state index in [0.717, 1.165) is 49.4 Å². The minimum absolute atomic E-state index is 0.0109. The van der Waals surface area contributed by atoms with Crippen molar-refractivity contribution in [2.24, 2.45) is 5.92 Å². The molecular weight excluding hydrogens is 238 g/mol. The number of benzene rings is 1. The number of hydrogen-bond acceptors (Lipinski definition) is 3. The maximum Gasteiger partial charge on any atom is 0.253 e. The number of rotatable bonds is 5. The fraction of sp³-hybridized carbons (Fsp3) is 0.533. The van der Waals surface area contributed by atoms with Crippen LogP contribution in [-0.4, -0.2) is 25.5 Å². The molecule has 0 spiro atoms. The van der Waals surface area contributed by atoms with E-state index in [0.29, 0.717) is 5.92 Å². The summed E-state index contributed by atoms with van der Waals surface area (Å²) in [5, 5.41) is 9.59. The molecule has 0 unspecified atom stereocenters. The largest absolute Gasteiger partial charge is 0.382 e. The fourth-order valence-corrected chi connectivity index (χ4v) is 2.27. The molecule has 0 atom stereocenters. The van der Waals surface area contributed by atoms with Gasteiger partial charge < -0.3 is 16.0 Å². The average Bonchev–Trinajstić information content (AvgIpc) is 2.42. The van der Waals surface area contributed by atoms with Crippen LogP contribution in [0.4, 0.5) is 11.4 Å². The fourth-order valence-electron chi connectivity index (χ4n) is 2.27.